The van der Waals surface area contributed by atoms with Crippen LogP contribution in [0.15, 0.2) is 42.7 Å². The lowest BCUT2D eigenvalue weighted by Gasteiger charge is -2.09. The number of carbonyl (C=O) groups excluding carboxylic acids is 1. The van der Waals surface area contributed by atoms with Crippen molar-refractivity contribution in [2.45, 2.75) is 32.5 Å². The summed E-state index contributed by atoms with van der Waals surface area (Å²) in [4.78, 5) is 11.6. The zero-order valence-electron chi connectivity index (χ0n) is 12.0. The van der Waals surface area contributed by atoms with Crippen LogP contribution in [-0.2, 0) is 17.9 Å². The molecule has 21 heavy (non-hydrogen) atoms. The van der Waals surface area contributed by atoms with E-state index in [9.17, 15) is 4.79 Å². The molecule has 1 heterocycles. The number of hydrogen-bond donors (Lipinski definition) is 2. The maximum absolute atomic E-state index is 11.6. The zero-order valence-corrected chi connectivity index (χ0v) is 12.8. The Morgan fingerprint density at radius 3 is 2.81 bits per heavy atom. The second-order valence-corrected chi connectivity index (χ2v) is 4.98. The van der Waals surface area contributed by atoms with Crippen molar-refractivity contribution in [3.63, 3.8) is 0 Å². The summed E-state index contributed by atoms with van der Waals surface area (Å²) in [5, 5.41) is 7.06. The predicted molar refractivity (Wildman–Crippen MR) is 85.1 cm³/mol. The van der Waals surface area contributed by atoms with Gasteiger partial charge in [0.25, 0.3) is 0 Å². The SMILES string of the molecule is CC(N)CC(=O)NCc1cccc(Cn2cccn2)c1.Cl. The van der Waals surface area contributed by atoms with Crippen molar-refractivity contribution in [2.75, 3.05) is 0 Å². The number of nitrogens with one attached hydrogen (secondary N) is 1. The Kier molecular flexibility index (Phi) is 6.91. The van der Waals surface area contributed by atoms with Crippen molar-refractivity contribution in [1.82, 2.24) is 15.1 Å². The first-order valence-corrected chi connectivity index (χ1v) is 6.71. The third-order valence-electron chi connectivity index (χ3n) is 2.89. The van der Waals surface area contributed by atoms with E-state index in [4.69, 9.17) is 5.73 Å². The molecule has 0 saturated carbocycles. The molecule has 0 aliphatic carbocycles. The molecule has 1 atom stereocenters. The molecule has 1 aromatic heterocycles. The van der Waals surface area contributed by atoms with E-state index < -0.39 is 0 Å². The Hall–Kier alpha value is -1.85. The molecule has 0 spiro atoms. The Labute approximate surface area is 130 Å². The summed E-state index contributed by atoms with van der Waals surface area (Å²) in [6, 6.07) is 9.91. The van der Waals surface area contributed by atoms with Crippen molar-refractivity contribution in [2.24, 2.45) is 5.73 Å². The Morgan fingerprint density at radius 1 is 1.38 bits per heavy atom. The van der Waals surface area contributed by atoms with Crippen LogP contribution in [0.3, 0.4) is 0 Å². The highest BCUT2D eigenvalue weighted by atomic mass is 35.5. The van der Waals surface area contributed by atoms with Gasteiger partial charge >= 0.3 is 0 Å². The molecule has 2 rings (SSSR count). The van der Waals surface area contributed by atoms with Gasteiger partial charge < -0.3 is 11.1 Å². The normalized spacial score (nSPS) is 11.5. The molecule has 1 amide bonds. The fraction of sp³-hybridized carbons (Fsp3) is 0.333. The first-order valence-electron chi connectivity index (χ1n) is 6.71. The molecule has 114 valence electrons. The number of amides is 1. The van der Waals surface area contributed by atoms with Gasteiger partial charge in [-0.3, -0.25) is 9.48 Å². The maximum Gasteiger partial charge on any atom is 0.221 e. The Balaban J connectivity index is 0.00000220. The lowest BCUT2D eigenvalue weighted by Crippen LogP contribution is -2.29. The average Bonchev–Trinajstić information content (AvgIpc) is 2.89. The molecular formula is C15H21ClN4O. The van der Waals surface area contributed by atoms with Crippen LogP contribution in [0.1, 0.15) is 24.5 Å². The lowest BCUT2D eigenvalue weighted by molar-refractivity contribution is -0.121. The molecule has 1 unspecified atom stereocenters. The number of carbonyl (C=O) groups is 1. The molecule has 0 saturated heterocycles. The standard InChI is InChI=1S/C15H20N4O.ClH/c1-12(16)8-15(20)17-10-13-4-2-5-14(9-13)11-19-7-3-6-18-19;/h2-7,9,12H,8,10-11,16H2,1H3,(H,17,20);1H. The van der Waals surface area contributed by atoms with Gasteiger partial charge in [0.1, 0.15) is 0 Å². The van der Waals surface area contributed by atoms with Crippen molar-refractivity contribution >= 4 is 18.3 Å². The average molecular weight is 309 g/mol. The molecular weight excluding hydrogens is 288 g/mol. The van der Waals surface area contributed by atoms with Crippen LogP contribution >= 0.6 is 12.4 Å². The van der Waals surface area contributed by atoms with Crippen LogP contribution in [0.25, 0.3) is 0 Å². The molecule has 0 bridgehead atoms. The van der Waals surface area contributed by atoms with Gasteiger partial charge in [0.15, 0.2) is 0 Å². The van der Waals surface area contributed by atoms with E-state index in [0.717, 1.165) is 17.7 Å². The van der Waals surface area contributed by atoms with Crippen LogP contribution < -0.4 is 11.1 Å². The van der Waals surface area contributed by atoms with Gasteiger partial charge in [-0.05, 0) is 24.1 Å². The van der Waals surface area contributed by atoms with Crippen LogP contribution in [-0.4, -0.2) is 21.7 Å². The first-order chi connectivity index (χ1) is 9.63. The highest BCUT2D eigenvalue weighted by molar-refractivity contribution is 5.85. The number of nitrogens with two attached hydrogens (primary N) is 1. The van der Waals surface area contributed by atoms with Crippen LogP contribution in [0.4, 0.5) is 0 Å². The number of aromatic nitrogens is 2. The minimum atomic E-state index is -0.110. The molecule has 0 aliphatic rings. The minimum absolute atomic E-state index is 0. The van der Waals surface area contributed by atoms with Crippen molar-refractivity contribution < 1.29 is 4.79 Å². The van der Waals surface area contributed by atoms with Crippen LogP contribution in [0, 0.1) is 0 Å². The summed E-state index contributed by atoms with van der Waals surface area (Å²) in [5.41, 5.74) is 7.83. The second kappa shape index (κ2) is 8.44. The van der Waals surface area contributed by atoms with Crippen molar-refractivity contribution in [3.8, 4) is 0 Å². The van der Waals surface area contributed by atoms with Gasteiger partial charge in [0.05, 0.1) is 6.54 Å². The Bertz CT molecular complexity index is 555. The van der Waals surface area contributed by atoms with Gasteiger partial charge in [-0.15, -0.1) is 12.4 Å². The van der Waals surface area contributed by atoms with Gasteiger partial charge in [-0.1, -0.05) is 24.3 Å². The summed E-state index contributed by atoms with van der Waals surface area (Å²) in [7, 11) is 0. The monoisotopic (exact) mass is 308 g/mol. The van der Waals surface area contributed by atoms with Crippen molar-refractivity contribution in [1.29, 1.82) is 0 Å². The van der Waals surface area contributed by atoms with Crippen LogP contribution in [0.2, 0.25) is 0 Å². The van der Waals surface area contributed by atoms with Gasteiger partial charge in [-0.25, -0.2) is 0 Å². The van der Waals surface area contributed by atoms with Gasteiger partial charge in [0.2, 0.25) is 5.91 Å². The summed E-state index contributed by atoms with van der Waals surface area (Å²) >= 11 is 0. The number of rotatable bonds is 6. The highest BCUT2D eigenvalue weighted by Gasteiger charge is 2.05. The zero-order chi connectivity index (χ0) is 14.4. The molecule has 0 fully saturated rings. The Morgan fingerprint density at radius 2 is 2.14 bits per heavy atom. The second-order valence-electron chi connectivity index (χ2n) is 4.98. The van der Waals surface area contributed by atoms with E-state index in [0.29, 0.717) is 13.0 Å². The van der Waals surface area contributed by atoms with Crippen molar-refractivity contribution in [3.05, 3.63) is 53.9 Å². The summed E-state index contributed by atoms with van der Waals surface area (Å²) in [6.45, 7) is 3.08. The molecule has 5 nitrogen and oxygen atoms in total. The van der Waals surface area contributed by atoms with E-state index in [-0.39, 0.29) is 24.4 Å². The highest BCUT2D eigenvalue weighted by Crippen LogP contribution is 2.07. The van der Waals surface area contributed by atoms with Gasteiger partial charge in [-0.2, -0.15) is 5.10 Å². The summed E-state index contributed by atoms with van der Waals surface area (Å²) < 4.78 is 1.87. The largest absolute Gasteiger partial charge is 0.352 e. The molecule has 2 aromatic rings. The first kappa shape index (κ1) is 17.2. The van der Waals surface area contributed by atoms with Gasteiger partial charge in [0, 0.05) is 31.4 Å². The quantitative estimate of drug-likeness (QED) is 0.853. The number of halogens is 1. The predicted octanol–water partition coefficient (Wildman–Crippen LogP) is 1.71. The fourth-order valence-corrected chi connectivity index (χ4v) is 1.98. The number of benzene rings is 1. The van der Waals surface area contributed by atoms with E-state index in [1.165, 1.54) is 0 Å². The molecule has 1 aromatic carbocycles. The smallest absolute Gasteiger partial charge is 0.221 e. The number of hydrogen-bond acceptors (Lipinski definition) is 3. The van der Waals surface area contributed by atoms with E-state index in [1.54, 1.807) is 6.20 Å². The molecule has 3 N–H and O–H groups in total. The maximum atomic E-state index is 11.6. The topological polar surface area (TPSA) is 72.9 Å². The molecule has 6 heteroatoms. The lowest BCUT2D eigenvalue weighted by atomic mass is 10.1. The van der Waals surface area contributed by atoms with Crippen LogP contribution in [0.5, 0.6) is 0 Å². The summed E-state index contributed by atoms with van der Waals surface area (Å²) in [5.74, 6) is -0.0162. The third kappa shape index (κ3) is 5.97. The summed E-state index contributed by atoms with van der Waals surface area (Å²) in [6.07, 6.45) is 4.04. The van der Waals surface area contributed by atoms with E-state index in [1.807, 2.05) is 36.0 Å². The minimum Gasteiger partial charge on any atom is -0.352 e. The third-order valence-corrected chi connectivity index (χ3v) is 2.89. The molecule has 0 aliphatic heterocycles. The van der Waals surface area contributed by atoms with E-state index in [2.05, 4.69) is 22.5 Å². The fourth-order valence-electron chi connectivity index (χ4n) is 1.98. The van der Waals surface area contributed by atoms with E-state index >= 15 is 0 Å². The molecule has 0 radical (unpaired) electrons. The number of nitrogens with zero attached hydrogens (tertiary/aromatic N) is 2.